The molecule has 1 aromatic carbocycles. The Kier molecular flexibility index (Phi) is 5.30. The molecule has 0 aliphatic rings. The number of nitrogens with zero attached hydrogens (tertiary/aromatic N) is 2. The van der Waals surface area contributed by atoms with Crippen molar-refractivity contribution in [3.05, 3.63) is 33.9 Å². The van der Waals surface area contributed by atoms with Crippen LogP contribution in [0.1, 0.15) is 38.9 Å². The Morgan fingerprint density at radius 3 is 2.47 bits per heavy atom. The molecule has 0 saturated heterocycles. The topological polar surface area (TPSA) is 66.6 Å². The lowest BCUT2D eigenvalue weighted by atomic mass is 10.1. The summed E-state index contributed by atoms with van der Waals surface area (Å²) < 4.78 is 0. The van der Waals surface area contributed by atoms with Crippen molar-refractivity contribution < 1.29 is 10.0 Å². The molecule has 0 spiro atoms. The van der Waals surface area contributed by atoms with Gasteiger partial charge in [-0.3, -0.25) is 10.1 Å². The first-order chi connectivity index (χ1) is 8.82. The van der Waals surface area contributed by atoms with Gasteiger partial charge in [-0.2, -0.15) is 0 Å². The average Bonchev–Trinajstić information content (AvgIpc) is 2.34. The number of hydrogen-bond acceptors (Lipinski definition) is 4. The van der Waals surface area contributed by atoms with E-state index in [4.69, 9.17) is 0 Å². The Morgan fingerprint density at radius 2 is 2.00 bits per heavy atom. The minimum absolute atomic E-state index is 0.0460. The van der Waals surface area contributed by atoms with Crippen molar-refractivity contribution in [1.82, 2.24) is 0 Å². The van der Waals surface area contributed by atoms with E-state index >= 15 is 0 Å². The van der Waals surface area contributed by atoms with Crippen LogP contribution in [0.5, 0.6) is 0 Å². The highest BCUT2D eigenvalue weighted by Crippen LogP contribution is 2.30. The highest BCUT2D eigenvalue weighted by molar-refractivity contribution is 5.64. The third-order valence-corrected chi connectivity index (χ3v) is 3.13. The van der Waals surface area contributed by atoms with Gasteiger partial charge in [-0.1, -0.05) is 19.9 Å². The summed E-state index contributed by atoms with van der Waals surface area (Å²) in [5.41, 5.74) is 1.20. The predicted molar refractivity (Wildman–Crippen MR) is 76.5 cm³/mol. The van der Waals surface area contributed by atoms with E-state index in [0.29, 0.717) is 17.2 Å². The van der Waals surface area contributed by atoms with Gasteiger partial charge in [-0.05, 0) is 30.9 Å². The fourth-order valence-corrected chi connectivity index (χ4v) is 1.84. The molecule has 0 amide bonds. The summed E-state index contributed by atoms with van der Waals surface area (Å²) in [5.74, 6) is 0.554. The van der Waals surface area contributed by atoms with Gasteiger partial charge in [-0.25, -0.2) is 0 Å². The number of nitro benzene ring substituents is 1. The Hall–Kier alpha value is -1.62. The lowest BCUT2D eigenvalue weighted by molar-refractivity contribution is -0.384. The Morgan fingerprint density at radius 1 is 1.37 bits per heavy atom. The van der Waals surface area contributed by atoms with Crippen molar-refractivity contribution in [1.29, 1.82) is 0 Å². The van der Waals surface area contributed by atoms with Crippen LogP contribution in [0.2, 0.25) is 0 Å². The van der Waals surface area contributed by atoms with Crippen molar-refractivity contribution in [2.75, 3.05) is 18.5 Å². The van der Waals surface area contributed by atoms with Crippen molar-refractivity contribution in [3.63, 3.8) is 0 Å². The van der Waals surface area contributed by atoms with Crippen molar-refractivity contribution in [2.45, 2.75) is 33.3 Å². The van der Waals surface area contributed by atoms with Crippen molar-refractivity contribution in [3.8, 4) is 0 Å². The van der Waals surface area contributed by atoms with Crippen molar-refractivity contribution in [2.24, 2.45) is 5.92 Å². The molecule has 0 bridgehead atoms. The molecule has 0 aliphatic carbocycles. The lowest BCUT2D eigenvalue weighted by Gasteiger charge is -2.20. The molecule has 1 atom stereocenters. The Bertz CT molecular complexity index is 444. The second-order valence-corrected chi connectivity index (χ2v) is 5.29. The molecule has 1 rings (SSSR count). The second kappa shape index (κ2) is 6.52. The molecule has 5 nitrogen and oxygen atoms in total. The highest BCUT2D eigenvalue weighted by Gasteiger charge is 2.19. The number of hydrogen-bond donors (Lipinski definition) is 1. The van der Waals surface area contributed by atoms with Crippen LogP contribution in [0.25, 0.3) is 0 Å². The quantitative estimate of drug-likeness (QED) is 0.634. The predicted octanol–water partition coefficient (Wildman–Crippen LogP) is 3.13. The first-order valence-electron chi connectivity index (χ1n) is 6.50. The number of benzene rings is 1. The molecular weight excluding hydrogens is 244 g/mol. The first kappa shape index (κ1) is 15.4. The molecule has 0 radical (unpaired) electrons. The van der Waals surface area contributed by atoms with Crippen LogP contribution in [0.3, 0.4) is 0 Å². The number of aliphatic hydroxyl groups excluding tert-OH is 1. The van der Waals surface area contributed by atoms with E-state index in [1.165, 1.54) is 6.07 Å². The van der Waals surface area contributed by atoms with Gasteiger partial charge in [0, 0.05) is 19.7 Å². The zero-order valence-corrected chi connectivity index (χ0v) is 12.0. The van der Waals surface area contributed by atoms with E-state index in [2.05, 4.69) is 13.8 Å². The molecule has 0 saturated carbocycles. The van der Waals surface area contributed by atoms with Gasteiger partial charge < -0.3 is 10.0 Å². The maximum Gasteiger partial charge on any atom is 0.292 e. The minimum atomic E-state index is -0.700. The van der Waals surface area contributed by atoms with Gasteiger partial charge in [0.2, 0.25) is 0 Å². The largest absolute Gasteiger partial charge is 0.389 e. The zero-order chi connectivity index (χ0) is 14.6. The third-order valence-electron chi connectivity index (χ3n) is 3.13. The van der Waals surface area contributed by atoms with Crippen LogP contribution in [0, 0.1) is 16.0 Å². The zero-order valence-electron chi connectivity index (χ0n) is 12.0. The summed E-state index contributed by atoms with van der Waals surface area (Å²) in [6.07, 6.45) is 0.278. The van der Waals surface area contributed by atoms with Crippen LogP contribution in [0.4, 0.5) is 11.4 Å². The van der Waals surface area contributed by atoms with Gasteiger partial charge in [0.15, 0.2) is 0 Å². The molecule has 1 unspecified atom stereocenters. The number of aliphatic hydroxyl groups is 1. The summed E-state index contributed by atoms with van der Waals surface area (Å²) >= 11 is 0. The Labute approximate surface area is 114 Å². The van der Waals surface area contributed by atoms with E-state index in [1.54, 1.807) is 19.1 Å². The summed E-state index contributed by atoms with van der Waals surface area (Å²) in [6.45, 7) is 6.62. The average molecular weight is 266 g/mol. The lowest BCUT2D eigenvalue weighted by Crippen LogP contribution is -2.21. The molecule has 1 N–H and O–H groups in total. The maximum atomic E-state index is 11.1. The first-order valence-corrected chi connectivity index (χ1v) is 6.50. The van der Waals surface area contributed by atoms with Crippen LogP contribution >= 0.6 is 0 Å². The van der Waals surface area contributed by atoms with E-state index in [0.717, 1.165) is 13.0 Å². The van der Waals surface area contributed by atoms with Gasteiger partial charge in [0.1, 0.15) is 5.69 Å². The van der Waals surface area contributed by atoms with Crippen LogP contribution < -0.4 is 4.90 Å². The van der Waals surface area contributed by atoms with Crippen LogP contribution in [-0.2, 0) is 0 Å². The van der Waals surface area contributed by atoms with Gasteiger partial charge in [0.05, 0.1) is 11.0 Å². The van der Waals surface area contributed by atoms with Crippen LogP contribution in [-0.4, -0.2) is 23.6 Å². The molecule has 0 fully saturated rings. The molecular formula is C14H22N2O3. The minimum Gasteiger partial charge on any atom is -0.389 e. The van der Waals surface area contributed by atoms with Crippen molar-refractivity contribution >= 4 is 11.4 Å². The molecule has 106 valence electrons. The van der Waals surface area contributed by atoms with E-state index in [9.17, 15) is 15.2 Å². The SMILES string of the molecule is CC(C)CCN(C)c1ccc(C(C)O)cc1[N+](=O)[O-]. The fourth-order valence-electron chi connectivity index (χ4n) is 1.84. The molecule has 0 aliphatic heterocycles. The Balaban J connectivity index is 3.02. The highest BCUT2D eigenvalue weighted by atomic mass is 16.6. The summed E-state index contributed by atoms with van der Waals surface area (Å²) in [5, 5.41) is 20.6. The van der Waals surface area contributed by atoms with E-state index in [-0.39, 0.29) is 5.69 Å². The van der Waals surface area contributed by atoms with Crippen LogP contribution in [0.15, 0.2) is 18.2 Å². The summed E-state index contributed by atoms with van der Waals surface area (Å²) in [7, 11) is 1.85. The molecule has 5 heteroatoms. The van der Waals surface area contributed by atoms with E-state index < -0.39 is 11.0 Å². The van der Waals surface area contributed by atoms with Gasteiger partial charge in [-0.15, -0.1) is 0 Å². The van der Waals surface area contributed by atoms with E-state index in [1.807, 2.05) is 11.9 Å². The standard InChI is InChI=1S/C14H22N2O3/c1-10(2)7-8-15(4)13-6-5-12(11(3)17)9-14(13)16(18)19/h5-6,9-11,17H,7-8H2,1-4H3. The van der Waals surface area contributed by atoms with Gasteiger partial charge >= 0.3 is 0 Å². The number of rotatable bonds is 6. The monoisotopic (exact) mass is 266 g/mol. The summed E-state index contributed by atoms with van der Waals surface area (Å²) in [6, 6.07) is 4.89. The fraction of sp³-hybridized carbons (Fsp3) is 0.571. The number of anilines is 1. The number of nitro groups is 1. The summed E-state index contributed by atoms with van der Waals surface area (Å²) in [4.78, 5) is 12.6. The molecule has 0 heterocycles. The molecule has 1 aromatic rings. The third kappa shape index (κ3) is 4.21. The van der Waals surface area contributed by atoms with Gasteiger partial charge in [0.25, 0.3) is 5.69 Å². The smallest absolute Gasteiger partial charge is 0.292 e. The second-order valence-electron chi connectivity index (χ2n) is 5.29. The normalized spacial score (nSPS) is 12.5. The molecule has 19 heavy (non-hydrogen) atoms. The maximum absolute atomic E-state index is 11.1. The molecule has 0 aromatic heterocycles.